The van der Waals surface area contributed by atoms with Gasteiger partial charge in [-0.3, -0.25) is 4.90 Å². The number of benzene rings is 3. The molecule has 0 aliphatic carbocycles. The van der Waals surface area contributed by atoms with E-state index in [0.717, 1.165) is 54.1 Å². The molecule has 4 fully saturated rings. The minimum atomic E-state index is -0.909. The number of nitrogens with zero attached hydrogens (tertiary/aromatic N) is 5. The molecule has 4 saturated heterocycles. The second kappa shape index (κ2) is 10.6. The van der Waals surface area contributed by atoms with Crippen LogP contribution in [0.15, 0.2) is 48.5 Å². The fourth-order valence-corrected chi connectivity index (χ4v) is 8.31. The first-order chi connectivity index (χ1) is 21.8. The third-order valence-electron chi connectivity index (χ3n) is 10.3. The zero-order valence-electron chi connectivity index (χ0n) is 24.8. The molecule has 2 bridgehead atoms. The summed E-state index contributed by atoms with van der Waals surface area (Å²) in [5.41, 5.74) is 2.12. The molecule has 2 unspecified atom stereocenters. The van der Waals surface area contributed by atoms with Crippen molar-refractivity contribution in [3.05, 3.63) is 59.9 Å². The fourth-order valence-electron chi connectivity index (χ4n) is 8.31. The van der Waals surface area contributed by atoms with Gasteiger partial charge in [0.2, 0.25) is 0 Å². The SMILES string of the molecule is C#Cc1c(F)ccc2cccc(-c3ccc4c(N5C6CCC5CN(C(=O)O)C6)nc(OC[C@@]56CCCN5C[C@H](F)C6)nc4c3)c12. The number of anilines is 1. The summed E-state index contributed by atoms with van der Waals surface area (Å²) in [4.78, 5) is 27.6. The summed E-state index contributed by atoms with van der Waals surface area (Å²) in [7, 11) is 0. The molecule has 3 aromatic carbocycles. The Labute approximate surface area is 259 Å². The van der Waals surface area contributed by atoms with Crippen molar-refractivity contribution >= 4 is 33.6 Å². The molecule has 1 N–H and O–H groups in total. The Morgan fingerprint density at radius 1 is 1.11 bits per heavy atom. The Kier molecular flexibility index (Phi) is 6.57. The molecule has 10 heteroatoms. The predicted octanol–water partition coefficient (Wildman–Crippen LogP) is 5.86. The van der Waals surface area contributed by atoms with Crippen molar-refractivity contribution in [1.29, 1.82) is 0 Å². The number of piperazine rings is 1. The van der Waals surface area contributed by atoms with Crippen LogP contribution in [0.3, 0.4) is 0 Å². The van der Waals surface area contributed by atoms with Crippen molar-refractivity contribution in [3.8, 4) is 29.5 Å². The first-order valence-electron chi connectivity index (χ1n) is 15.6. The van der Waals surface area contributed by atoms with Gasteiger partial charge in [0.1, 0.15) is 24.4 Å². The maximum absolute atomic E-state index is 14.8. The van der Waals surface area contributed by atoms with Gasteiger partial charge in [0.25, 0.3) is 0 Å². The van der Waals surface area contributed by atoms with E-state index in [4.69, 9.17) is 21.1 Å². The molecule has 4 aliphatic heterocycles. The van der Waals surface area contributed by atoms with Crippen LogP contribution in [0, 0.1) is 18.2 Å². The lowest BCUT2D eigenvalue weighted by Gasteiger charge is -2.41. The molecule has 4 atom stereocenters. The van der Waals surface area contributed by atoms with Crippen LogP contribution in [-0.2, 0) is 0 Å². The molecule has 4 aromatic rings. The molecule has 8 rings (SSSR count). The van der Waals surface area contributed by atoms with Crippen molar-refractivity contribution in [2.24, 2.45) is 0 Å². The molecule has 45 heavy (non-hydrogen) atoms. The first-order valence-corrected chi connectivity index (χ1v) is 15.6. The molecular weight excluding hydrogens is 576 g/mol. The second-order valence-corrected chi connectivity index (χ2v) is 12.9. The molecule has 0 saturated carbocycles. The quantitative estimate of drug-likeness (QED) is 0.284. The number of likely N-dealkylation sites (tertiary alicyclic amines) is 1. The van der Waals surface area contributed by atoms with Gasteiger partial charge in [-0.25, -0.2) is 13.6 Å². The monoisotopic (exact) mass is 609 g/mol. The predicted molar refractivity (Wildman–Crippen MR) is 168 cm³/mol. The summed E-state index contributed by atoms with van der Waals surface area (Å²) in [6.07, 6.45) is 8.02. The van der Waals surface area contributed by atoms with Crippen molar-refractivity contribution in [3.63, 3.8) is 0 Å². The van der Waals surface area contributed by atoms with Gasteiger partial charge >= 0.3 is 12.1 Å². The highest BCUT2D eigenvalue weighted by atomic mass is 19.1. The van der Waals surface area contributed by atoms with Crippen molar-refractivity contribution in [2.45, 2.75) is 55.9 Å². The third-order valence-corrected chi connectivity index (χ3v) is 10.3. The van der Waals surface area contributed by atoms with Crippen LogP contribution in [0.25, 0.3) is 32.8 Å². The molecule has 1 aromatic heterocycles. The van der Waals surface area contributed by atoms with Crippen LogP contribution in [0.5, 0.6) is 6.01 Å². The number of fused-ring (bicyclic) bond motifs is 5. The topological polar surface area (TPSA) is 82.0 Å². The van der Waals surface area contributed by atoms with E-state index in [2.05, 4.69) is 15.7 Å². The first kappa shape index (κ1) is 28.0. The molecule has 0 radical (unpaired) electrons. The number of carbonyl (C=O) groups is 1. The molecule has 5 heterocycles. The summed E-state index contributed by atoms with van der Waals surface area (Å²) in [6.45, 7) is 2.39. The van der Waals surface area contributed by atoms with Crippen molar-refractivity contribution in [1.82, 2.24) is 19.8 Å². The van der Waals surface area contributed by atoms with Crippen LogP contribution in [0.1, 0.15) is 37.7 Å². The molecule has 1 amide bonds. The fraction of sp³-hybridized carbons (Fsp3) is 0.400. The number of aromatic nitrogens is 2. The van der Waals surface area contributed by atoms with Crippen LogP contribution >= 0.6 is 0 Å². The van der Waals surface area contributed by atoms with Crippen LogP contribution in [-0.4, -0.2) is 87.5 Å². The lowest BCUT2D eigenvalue weighted by Crippen LogP contribution is -2.55. The highest BCUT2D eigenvalue weighted by Gasteiger charge is 2.49. The zero-order valence-corrected chi connectivity index (χ0v) is 24.8. The van der Waals surface area contributed by atoms with E-state index in [0.29, 0.717) is 49.4 Å². The molecule has 0 spiro atoms. The van der Waals surface area contributed by atoms with E-state index in [1.165, 1.54) is 11.0 Å². The lowest BCUT2D eigenvalue weighted by atomic mass is 9.94. The Hall–Kier alpha value is -4.49. The number of rotatable bonds is 5. The third kappa shape index (κ3) is 4.55. The largest absolute Gasteiger partial charge is 0.465 e. The minimum absolute atomic E-state index is 0.0178. The van der Waals surface area contributed by atoms with Gasteiger partial charge in [-0.15, -0.1) is 6.42 Å². The highest BCUT2D eigenvalue weighted by molar-refractivity contribution is 6.03. The number of amides is 1. The number of terminal acetylenes is 1. The summed E-state index contributed by atoms with van der Waals surface area (Å²) in [6, 6.07) is 15.0. The van der Waals surface area contributed by atoms with Gasteiger partial charge in [0.05, 0.1) is 16.6 Å². The van der Waals surface area contributed by atoms with E-state index in [1.54, 1.807) is 6.07 Å². The minimum Gasteiger partial charge on any atom is -0.465 e. The maximum Gasteiger partial charge on any atom is 0.407 e. The average molecular weight is 610 g/mol. The zero-order chi connectivity index (χ0) is 30.9. The van der Waals surface area contributed by atoms with E-state index in [1.807, 2.05) is 36.4 Å². The lowest BCUT2D eigenvalue weighted by molar-refractivity contribution is 0.107. The summed E-state index contributed by atoms with van der Waals surface area (Å²) in [5.74, 6) is 2.80. The molecule has 4 aliphatic rings. The van der Waals surface area contributed by atoms with Gasteiger partial charge in [0, 0.05) is 48.9 Å². The normalized spacial score (nSPS) is 26.0. The van der Waals surface area contributed by atoms with Crippen LogP contribution in [0.4, 0.5) is 19.4 Å². The van der Waals surface area contributed by atoms with Crippen molar-refractivity contribution < 1.29 is 23.4 Å². The highest BCUT2D eigenvalue weighted by Crippen LogP contribution is 2.42. The van der Waals surface area contributed by atoms with Gasteiger partial charge in [-0.2, -0.15) is 9.97 Å². The molecule has 8 nitrogen and oxygen atoms in total. The number of hydrogen-bond donors (Lipinski definition) is 1. The number of hydrogen-bond acceptors (Lipinski definition) is 6. The molecular formula is C35H33F2N5O3. The van der Waals surface area contributed by atoms with E-state index in [-0.39, 0.29) is 29.2 Å². The summed E-state index contributed by atoms with van der Waals surface area (Å²) < 4.78 is 35.7. The number of halogens is 2. The number of ether oxygens (including phenoxy) is 1. The Morgan fingerprint density at radius 3 is 2.71 bits per heavy atom. The Balaban J connectivity index is 1.24. The van der Waals surface area contributed by atoms with Gasteiger partial charge in [-0.1, -0.05) is 36.3 Å². The second-order valence-electron chi connectivity index (χ2n) is 12.9. The Morgan fingerprint density at radius 2 is 1.93 bits per heavy atom. The smallest absolute Gasteiger partial charge is 0.407 e. The van der Waals surface area contributed by atoms with Crippen molar-refractivity contribution in [2.75, 3.05) is 37.7 Å². The average Bonchev–Trinajstić information content (AvgIpc) is 3.65. The standard InChI is InChI=1S/C35H33F2N5O3/c1-2-26-29(37)12-8-21-5-3-6-27(31(21)26)22-7-11-28-30(15-22)38-33(45-20-35-13-4-14-41(35)17-23(36)16-35)39-32(28)42-24-9-10-25(42)19-40(18-24)34(43)44/h1,3,5-8,11-12,15,23-25H,4,9-10,13-14,16-20H2,(H,43,44)/t23-,24?,25?,35+/m1/s1. The molecule has 230 valence electrons. The van der Waals surface area contributed by atoms with Gasteiger partial charge < -0.3 is 19.6 Å². The van der Waals surface area contributed by atoms with Gasteiger partial charge in [0.15, 0.2) is 0 Å². The Bertz CT molecular complexity index is 1880. The van der Waals surface area contributed by atoms with E-state index in [9.17, 15) is 18.7 Å². The van der Waals surface area contributed by atoms with Crippen LogP contribution in [0.2, 0.25) is 0 Å². The summed E-state index contributed by atoms with van der Waals surface area (Å²) in [5, 5.41) is 12.0. The maximum atomic E-state index is 14.8. The van der Waals surface area contributed by atoms with E-state index < -0.39 is 18.1 Å². The number of carboxylic acid groups (broad SMARTS) is 1. The van der Waals surface area contributed by atoms with Crippen LogP contribution < -0.4 is 9.64 Å². The van der Waals surface area contributed by atoms with Gasteiger partial charge in [-0.05, 0) is 66.9 Å². The summed E-state index contributed by atoms with van der Waals surface area (Å²) >= 11 is 0. The van der Waals surface area contributed by atoms with E-state index >= 15 is 0 Å². The number of alkyl halides is 1.